The number of hydrogen-bond acceptors (Lipinski definition) is 5. The Hall–Kier alpha value is -2.77. The zero-order valence-corrected chi connectivity index (χ0v) is 21.7. The fourth-order valence-corrected chi connectivity index (χ4v) is 3.99. The normalized spacial score (nSPS) is 19.4. The number of nitrogens with one attached hydrogen (secondary N) is 2. The van der Waals surface area contributed by atoms with Gasteiger partial charge in [-0.25, -0.2) is 4.79 Å². The van der Waals surface area contributed by atoms with Crippen LogP contribution in [0.5, 0.6) is 5.75 Å². The van der Waals surface area contributed by atoms with Gasteiger partial charge in [0.15, 0.2) is 0 Å². The summed E-state index contributed by atoms with van der Waals surface area (Å²) in [7, 11) is 0. The number of ether oxygens (including phenoxy) is 1. The summed E-state index contributed by atoms with van der Waals surface area (Å²) in [5.74, 6) is -0.306. The van der Waals surface area contributed by atoms with E-state index >= 15 is 0 Å². The Morgan fingerprint density at radius 1 is 1.15 bits per heavy atom. The number of nitrogens with zero attached hydrogens (tertiary/aromatic N) is 1. The van der Waals surface area contributed by atoms with E-state index in [4.69, 9.17) is 4.74 Å². The van der Waals surface area contributed by atoms with Crippen molar-refractivity contribution in [2.24, 2.45) is 11.8 Å². The molecule has 1 aliphatic rings. The number of rotatable bonds is 9. The highest BCUT2D eigenvalue weighted by Gasteiger charge is 2.48. The number of alkyl carbamates (subject to hydrolysis) is 1. The van der Waals surface area contributed by atoms with Crippen LogP contribution in [-0.4, -0.2) is 51.6 Å². The molecule has 1 aromatic carbocycles. The van der Waals surface area contributed by atoms with Gasteiger partial charge in [-0.3, -0.25) is 9.59 Å². The van der Waals surface area contributed by atoms with E-state index < -0.39 is 23.8 Å². The van der Waals surface area contributed by atoms with Gasteiger partial charge in [-0.2, -0.15) is 0 Å². The summed E-state index contributed by atoms with van der Waals surface area (Å²) < 4.78 is 5.40. The second-order valence-corrected chi connectivity index (χ2v) is 11.0. The molecule has 4 unspecified atom stereocenters. The van der Waals surface area contributed by atoms with Crippen molar-refractivity contribution < 1.29 is 24.2 Å². The van der Waals surface area contributed by atoms with Crippen LogP contribution in [0.4, 0.5) is 4.79 Å². The van der Waals surface area contributed by atoms with Gasteiger partial charge in [0.1, 0.15) is 23.4 Å². The highest BCUT2D eigenvalue weighted by Crippen LogP contribution is 2.41. The Morgan fingerprint density at radius 2 is 1.76 bits per heavy atom. The second kappa shape index (κ2) is 11.1. The zero-order chi connectivity index (χ0) is 25.8. The molecule has 8 heteroatoms. The molecule has 0 spiro atoms. The van der Waals surface area contributed by atoms with Crippen molar-refractivity contribution in [1.29, 1.82) is 0 Å². The molecular formula is C26H41N3O5. The van der Waals surface area contributed by atoms with Crippen LogP contribution < -0.4 is 10.6 Å². The minimum absolute atomic E-state index is 0.0155. The fraction of sp³-hybridized carbons (Fsp3) is 0.654. The van der Waals surface area contributed by atoms with Crippen molar-refractivity contribution in [2.75, 3.05) is 0 Å². The highest BCUT2D eigenvalue weighted by molar-refractivity contribution is 5.92. The van der Waals surface area contributed by atoms with Crippen molar-refractivity contribution in [3.63, 3.8) is 0 Å². The summed E-state index contributed by atoms with van der Waals surface area (Å²) in [5.41, 5.74) is -0.187. The Labute approximate surface area is 203 Å². The van der Waals surface area contributed by atoms with E-state index in [9.17, 15) is 19.5 Å². The van der Waals surface area contributed by atoms with Crippen LogP contribution in [0.1, 0.15) is 79.8 Å². The first-order chi connectivity index (χ1) is 15.7. The third kappa shape index (κ3) is 7.92. The minimum atomic E-state index is -0.938. The summed E-state index contributed by atoms with van der Waals surface area (Å²) in [5, 5.41) is 15.8. The first-order valence-corrected chi connectivity index (χ1v) is 12.1. The maximum atomic E-state index is 14.0. The maximum absolute atomic E-state index is 14.0. The van der Waals surface area contributed by atoms with E-state index in [1.165, 1.54) is 12.1 Å². The van der Waals surface area contributed by atoms with Crippen LogP contribution >= 0.6 is 0 Å². The van der Waals surface area contributed by atoms with Crippen molar-refractivity contribution >= 4 is 17.9 Å². The molecular weight excluding hydrogens is 434 g/mol. The quantitative estimate of drug-likeness (QED) is 0.498. The molecule has 3 amide bonds. The number of amides is 3. The Morgan fingerprint density at radius 3 is 2.24 bits per heavy atom. The standard InChI is InChI=1S/C26H41N3O5/c1-15(2)12-20(28-25(33)34-26(6,7)8)24(32)29(21-13-17(21)5)22(23(31)27-16(3)4)18-10-9-11-19(30)14-18/h9-11,14-17,20-22,30H,12-13H2,1-8H3,(H,27,31)(H,28,33). The van der Waals surface area contributed by atoms with Gasteiger partial charge in [-0.05, 0) is 77.0 Å². The summed E-state index contributed by atoms with van der Waals surface area (Å²) in [6, 6.07) is 4.36. The molecule has 1 saturated carbocycles. The molecule has 2 rings (SSSR count). The molecule has 0 aliphatic heterocycles. The molecule has 0 saturated heterocycles. The van der Waals surface area contributed by atoms with E-state index in [1.807, 2.05) is 34.6 Å². The molecule has 8 nitrogen and oxygen atoms in total. The van der Waals surface area contributed by atoms with Crippen LogP contribution in [0.25, 0.3) is 0 Å². The SMILES string of the molecule is CC(C)CC(NC(=O)OC(C)(C)C)C(=O)N(C(C(=O)NC(C)C)c1cccc(O)c1)C1CC1C. The van der Waals surface area contributed by atoms with Gasteiger partial charge < -0.3 is 25.4 Å². The highest BCUT2D eigenvalue weighted by atomic mass is 16.6. The monoisotopic (exact) mass is 475 g/mol. The van der Waals surface area contributed by atoms with E-state index in [0.29, 0.717) is 12.0 Å². The predicted molar refractivity (Wildman–Crippen MR) is 131 cm³/mol. The number of hydrogen-bond donors (Lipinski definition) is 3. The fourth-order valence-electron chi connectivity index (χ4n) is 3.99. The molecule has 0 heterocycles. The zero-order valence-electron chi connectivity index (χ0n) is 21.7. The van der Waals surface area contributed by atoms with Crippen LogP contribution in [0.2, 0.25) is 0 Å². The van der Waals surface area contributed by atoms with Crippen LogP contribution in [-0.2, 0) is 14.3 Å². The number of phenols is 1. The topological polar surface area (TPSA) is 108 Å². The third-order valence-electron chi connectivity index (χ3n) is 5.52. The maximum Gasteiger partial charge on any atom is 0.408 e. The average Bonchev–Trinajstić information content (AvgIpc) is 3.38. The molecule has 1 aliphatic carbocycles. The third-order valence-corrected chi connectivity index (χ3v) is 5.52. The Bertz CT molecular complexity index is 877. The van der Waals surface area contributed by atoms with Gasteiger partial charge in [-0.15, -0.1) is 0 Å². The number of benzene rings is 1. The van der Waals surface area contributed by atoms with Gasteiger partial charge in [0.25, 0.3) is 0 Å². The van der Waals surface area contributed by atoms with E-state index in [0.717, 1.165) is 6.42 Å². The summed E-state index contributed by atoms with van der Waals surface area (Å²) >= 11 is 0. The van der Waals surface area contributed by atoms with Crippen molar-refractivity contribution in [2.45, 2.75) is 98.0 Å². The Kier molecular flexibility index (Phi) is 8.97. The average molecular weight is 476 g/mol. The van der Waals surface area contributed by atoms with Gasteiger partial charge in [0.05, 0.1) is 0 Å². The number of carbonyl (C=O) groups excluding carboxylic acids is 3. The minimum Gasteiger partial charge on any atom is -0.508 e. The molecule has 34 heavy (non-hydrogen) atoms. The molecule has 1 fully saturated rings. The molecule has 4 atom stereocenters. The van der Waals surface area contributed by atoms with E-state index in [2.05, 4.69) is 10.6 Å². The summed E-state index contributed by atoms with van der Waals surface area (Å²) in [6.07, 6.45) is 0.487. The molecule has 1 aromatic rings. The molecule has 0 bridgehead atoms. The lowest BCUT2D eigenvalue weighted by molar-refractivity contribution is -0.144. The van der Waals surface area contributed by atoms with E-state index in [1.54, 1.807) is 37.8 Å². The first-order valence-electron chi connectivity index (χ1n) is 12.1. The second-order valence-electron chi connectivity index (χ2n) is 11.0. The van der Waals surface area contributed by atoms with Crippen LogP contribution in [0, 0.1) is 11.8 Å². The van der Waals surface area contributed by atoms with Crippen LogP contribution in [0.3, 0.4) is 0 Å². The molecule has 0 aromatic heterocycles. The summed E-state index contributed by atoms with van der Waals surface area (Å²) in [4.78, 5) is 41.6. The number of carbonyl (C=O) groups is 3. The lowest BCUT2D eigenvalue weighted by atomic mass is 9.98. The van der Waals surface area contributed by atoms with Gasteiger partial charge >= 0.3 is 6.09 Å². The van der Waals surface area contributed by atoms with Crippen LogP contribution in [0.15, 0.2) is 24.3 Å². The largest absolute Gasteiger partial charge is 0.508 e. The predicted octanol–water partition coefficient (Wildman–Crippen LogP) is 4.13. The molecule has 0 radical (unpaired) electrons. The number of aromatic hydroxyl groups is 1. The van der Waals surface area contributed by atoms with Crippen molar-refractivity contribution in [3.8, 4) is 5.75 Å². The smallest absolute Gasteiger partial charge is 0.408 e. The van der Waals surface area contributed by atoms with Crippen molar-refractivity contribution in [3.05, 3.63) is 29.8 Å². The van der Waals surface area contributed by atoms with Gasteiger partial charge in [-0.1, -0.05) is 32.9 Å². The lowest BCUT2D eigenvalue weighted by Crippen LogP contribution is -2.54. The Balaban J connectivity index is 2.48. The molecule has 3 N–H and O–H groups in total. The van der Waals surface area contributed by atoms with Crippen molar-refractivity contribution in [1.82, 2.24) is 15.5 Å². The summed E-state index contributed by atoms with van der Waals surface area (Å²) in [6.45, 7) is 15.0. The van der Waals surface area contributed by atoms with Gasteiger partial charge in [0.2, 0.25) is 11.8 Å². The van der Waals surface area contributed by atoms with Gasteiger partial charge in [0, 0.05) is 12.1 Å². The number of phenolic OH excluding ortho intramolecular Hbond substituents is 1. The molecule has 190 valence electrons. The van der Waals surface area contributed by atoms with E-state index in [-0.39, 0.29) is 41.5 Å². The first kappa shape index (κ1) is 27.5. The lowest BCUT2D eigenvalue weighted by Gasteiger charge is -2.35.